The van der Waals surface area contributed by atoms with Crippen LogP contribution in [0.3, 0.4) is 0 Å². The average molecular weight is 294 g/mol. The number of carbonyl (C=O) groups excluding carboxylic acids is 2. The number of nitrogens with zero attached hydrogens (tertiary/aromatic N) is 2. The van der Waals surface area contributed by atoms with E-state index in [1.807, 2.05) is 13.8 Å². The molecular formula is C16H23FN2O2. The molecule has 21 heavy (non-hydrogen) atoms. The second-order valence-electron chi connectivity index (χ2n) is 5.20. The summed E-state index contributed by atoms with van der Waals surface area (Å²) in [6.07, 6.45) is 4.54. The fraction of sp³-hybridized carbons (Fsp3) is 0.562. The highest BCUT2D eigenvalue weighted by molar-refractivity contribution is 6.03. The second-order valence-corrected chi connectivity index (χ2v) is 5.20. The number of hydrogen-bond donors (Lipinski definition) is 0. The number of carbonyl (C=O) groups is 2. The van der Waals surface area contributed by atoms with Crippen LogP contribution in [0, 0.1) is 5.82 Å². The number of anilines is 1. The Morgan fingerprint density at radius 1 is 1.24 bits per heavy atom. The van der Waals surface area contributed by atoms with Gasteiger partial charge in [0.2, 0.25) is 5.91 Å². The van der Waals surface area contributed by atoms with Crippen molar-refractivity contribution in [1.82, 2.24) is 4.98 Å². The number of pyridine rings is 1. The van der Waals surface area contributed by atoms with Gasteiger partial charge in [0.1, 0.15) is 11.6 Å². The molecule has 1 amide bonds. The van der Waals surface area contributed by atoms with Crippen molar-refractivity contribution in [2.45, 2.75) is 59.4 Å². The van der Waals surface area contributed by atoms with E-state index < -0.39 is 5.82 Å². The molecule has 0 N–H and O–H groups in total. The number of halogens is 1. The van der Waals surface area contributed by atoms with Gasteiger partial charge in [-0.05, 0) is 25.8 Å². The first-order valence-electron chi connectivity index (χ1n) is 7.38. The predicted octanol–water partition coefficient (Wildman–Crippen LogP) is 3.75. The summed E-state index contributed by atoms with van der Waals surface area (Å²) in [6.45, 7) is 6.90. The molecule has 0 saturated carbocycles. The van der Waals surface area contributed by atoms with Crippen LogP contribution in [-0.2, 0) is 4.79 Å². The first-order chi connectivity index (χ1) is 9.92. The van der Waals surface area contributed by atoms with Crippen molar-refractivity contribution in [3.05, 3.63) is 23.6 Å². The van der Waals surface area contributed by atoms with E-state index in [1.54, 1.807) is 4.90 Å². The molecule has 0 aromatic carbocycles. The number of rotatable bonds is 7. The highest BCUT2D eigenvalue weighted by Gasteiger charge is 2.26. The van der Waals surface area contributed by atoms with Crippen LogP contribution >= 0.6 is 0 Å². The monoisotopic (exact) mass is 294 g/mol. The maximum atomic E-state index is 13.4. The van der Waals surface area contributed by atoms with Crippen LogP contribution in [0.5, 0.6) is 0 Å². The topological polar surface area (TPSA) is 50.3 Å². The van der Waals surface area contributed by atoms with Gasteiger partial charge < -0.3 is 0 Å². The maximum absolute atomic E-state index is 13.4. The molecule has 1 heterocycles. The summed E-state index contributed by atoms with van der Waals surface area (Å²) in [6, 6.07) is 1.13. The van der Waals surface area contributed by atoms with Crippen molar-refractivity contribution < 1.29 is 14.0 Å². The van der Waals surface area contributed by atoms with Gasteiger partial charge in [-0.2, -0.15) is 0 Å². The van der Waals surface area contributed by atoms with E-state index in [2.05, 4.69) is 4.98 Å². The minimum atomic E-state index is -0.574. The molecule has 1 aromatic heterocycles. The fourth-order valence-electron chi connectivity index (χ4n) is 2.53. The Hall–Kier alpha value is -1.78. The van der Waals surface area contributed by atoms with Gasteiger partial charge in [-0.15, -0.1) is 0 Å². The van der Waals surface area contributed by atoms with E-state index in [1.165, 1.54) is 13.8 Å². The van der Waals surface area contributed by atoms with Gasteiger partial charge in [0.15, 0.2) is 5.78 Å². The first-order valence-corrected chi connectivity index (χ1v) is 7.38. The van der Waals surface area contributed by atoms with Crippen LogP contribution < -0.4 is 4.90 Å². The van der Waals surface area contributed by atoms with Crippen molar-refractivity contribution in [3.8, 4) is 0 Å². The molecule has 0 fully saturated rings. The largest absolute Gasteiger partial charge is 0.294 e. The lowest BCUT2D eigenvalue weighted by Gasteiger charge is -2.31. The van der Waals surface area contributed by atoms with Gasteiger partial charge in [-0.3, -0.25) is 14.5 Å². The Morgan fingerprint density at radius 2 is 1.81 bits per heavy atom. The Balaban J connectivity index is 3.33. The third-order valence-corrected chi connectivity index (χ3v) is 3.39. The molecule has 0 atom stereocenters. The van der Waals surface area contributed by atoms with E-state index in [9.17, 15) is 14.0 Å². The fourth-order valence-corrected chi connectivity index (χ4v) is 2.53. The Kier molecular flexibility index (Phi) is 6.46. The summed E-state index contributed by atoms with van der Waals surface area (Å²) in [5, 5.41) is 0. The quantitative estimate of drug-likeness (QED) is 0.720. The third kappa shape index (κ3) is 4.34. The van der Waals surface area contributed by atoms with Crippen molar-refractivity contribution >= 4 is 17.5 Å². The lowest BCUT2D eigenvalue weighted by molar-refractivity contribution is -0.117. The van der Waals surface area contributed by atoms with Gasteiger partial charge >= 0.3 is 0 Å². The van der Waals surface area contributed by atoms with Crippen LogP contribution in [0.25, 0.3) is 0 Å². The minimum absolute atomic E-state index is 0.0199. The normalized spacial score (nSPS) is 10.8. The second kappa shape index (κ2) is 7.86. The van der Waals surface area contributed by atoms with Crippen LogP contribution in [-0.4, -0.2) is 22.7 Å². The average Bonchev–Trinajstić information content (AvgIpc) is 2.40. The van der Waals surface area contributed by atoms with E-state index in [0.29, 0.717) is 0 Å². The molecule has 0 aliphatic rings. The van der Waals surface area contributed by atoms with Gasteiger partial charge in [0, 0.05) is 13.0 Å². The predicted molar refractivity (Wildman–Crippen MR) is 81.0 cm³/mol. The molecule has 0 unspecified atom stereocenters. The molecule has 0 aliphatic heterocycles. The van der Waals surface area contributed by atoms with Gasteiger partial charge in [0.05, 0.1) is 11.8 Å². The highest BCUT2D eigenvalue weighted by Crippen LogP contribution is 2.25. The lowest BCUT2D eigenvalue weighted by atomic mass is 10.0. The number of amides is 1. The van der Waals surface area contributed by atoms with Gasteiger partial charge in [-0.1, -0.05) is 26.7 Å². The van der Waals surface area contributed by atoms with E-state index in [4.69, 9.17) is 0 Å². The molecule has 4 nitrogen and oxygen atoms in total. The van der Waals surface area contributed by atoms with Crippen LogP contribution in [0.15, 0.2) is 12.3 Å². The highest BCUT2D eigenvalue weighted by atomic mass is 19.1. The van der Waals surface area contributed by atoms with Crippen molar-refractivity contribution in [1.29, 1.82) is 0 Å². The molecule has 0 aliphatic carbocycles. The number of Topliss-reactive ketones (excluding diaryl/α,β-unsaturated/α-hetero) is 1. The Bertz CT molecular complexity index is 511. The number of ketones is 1. The van der Waals surface area contributed by atoms with E-state index >= 15 is 0 Å². The van der Waals surface area contributed by atoms with Crippen LogP contribution in [0.4, 0.5) is 10.2 Å². The Labute approximate surface area is 125 Å². The zero-order chi connectivity index (χ0) is 16.0. The number of hydrogen-bond acceptors (Lipinski definition) is 3. The summed E-state index contributed by atoms with van der Waals surface area (Å²) in [4.78, 5) is 29.4. The SMILES string of the molecule is CCCC(CCC)N(C(C)=O)c1ncc(F)cc1C(C)=O. The summed E-state index contributed by atoms with van der Waals surface area (Å²) >= 11 is 0. The number of aromatic nitrogens is 1. The van der Waals surface area contributed by atoms with Crippen molar-refractivity contribution in [3.63, 3.8) is 0 Å². The zero-order valence-corrected chi connectivity index (χ0v) is 13.1. The standard InChI is InChI=1S/C16H23FN2O2/c1-5-7-14(8-6-2)19(12(4)21)16-15(11(3)20)9-13(17)10-18-16/h9-10,14H,5-8H2,1-4H3. The molecule has 1 rings (SSSR count). The molecule has 0 bridgehead atoms. The van der Waals surface area contributed by atoms with Crippen molar-refractivity contribution in [2.24, 2.45) is 0 Å². The van der Waals surface area contributed by atoms with Gasteiger partial charge in [0.25, 0.3) is 0 Å². The molecule has 1 aromatic rings. The molecule has 5 heteroatoms. The smallest absolute Gasteiger partial charge is 0.225 e. The van der Waals surface area contributed by atoms with Crippen LogP contribution in [0.2, 0.25) is 0 Å². The summed E-state index contributed by atoms with van der Waals surface area (Å²) in [5.41, 5.74) is 0.155. The van der Waals surface area contributed by atoms with Crippen LogP contribution in [0.1, 0.15) is 63.7 Å². The molecule has 0 radical (unpaired) electrons. The molecule has 0 saturated heterocycles. The molecule has 116 valence electrons. The molecule has 0 spiro atoms. The Morgan fingerprint density at radius 3 is 2.24 bits per heavy atom. The first kappa shape index (κ1) is 17.3. The maximum Gasteiger partial charge on any atom is 0.225 e. The summed E-state index contributed by atoms with van der Waals surface area (Å²) < 4.78 is 13.4. The van der Waals surface area contributed by atoms with Crippen molar-refractivity contribution in [2.75, 3.05) is 4.90 Å². The zero-order valence-electron chi connectivity index (χ0n) is 13.1. The van der Waals surface area contributed by atoms with E-state index in [-0.39, 0.29) is 29.1 Å². The summed E-state index contributed by atoms with van der Waals surface area (Å²) in [5.74, 6) is -0.781. The molecular weight excluding hydrogens is 271 g/mol. The third-order valence-electron chi connectivity index (χ3n) is 3.39. The lowest BCUT2D eigenvalue weighted by Crippen LogP contribution is -2.40. The summed E-state index contributed by atoms with van der Waals surface area (Å²) in [7, 11) is 0. The minimum Gasteiger partial charge on any atom is -0.294 e. The van der Waals surface area contributed by atoms with Gasteiger partial charge in [-0.25, -0.2) is 9.37 Å². The van der Waals surface area contributed by atoms with E-state index in [0.717, 1.165) is 37.9 Å².